The van der Waals surface area contributed by atoms with E-state index in [-0.39, 0.29) is 0 Å². The zero-order valence-electron chi connectivity index (χ0n) is 9.43. The maximum absolute atomic E-state index is 11.5. The first kappa shape index (κ1) is 13.5. The molecule has 3 N–H and O–H groups in total. The van der Waals surface area contributed by atoms with Gasteiger partial charge in [-0.1, -0.05) is 6.92 Å². The van der Waals surface area contributed by atoms with Crippen LogP contribution in [0.25, 0.3) is 0 Å². The zero-order chi connectivity index (χ0) is 12.9. The van der Waals surface area contributed by atoms with E-state index in [0.717, 1.165) is 7.11 Å². The van der Waals surface area contributed by atoms with Crippen LogP contribution in [0.3, 0.4) is 0 Å². The van der Waals surface area contributed by atoms with Gasteiger partial charge in [0.1, 0.15) is 5.82 Å². The number of carbonyl (C=O) groups is 1. The van der Waals surface area contributed by atoms with Gasteiger partial charge in [0, 0.05) is 12.4 Å². The van der Waals surface area contributed by atoms with Crippen LogP contribution in [-0.2, 0) is 14.9 Å². The number of aromatic amines is 1. The monoisotopic (exact) mass is 262 g/mol. The summed E-state index contributed by atoms with van der Waals surface area (Å²) in [6, 6.07) is -0.535. The Morgan fingerprint density at radius 3 is 2.82 bits per heavy atom. The van der Waals surface area contributed by atoms with Crippen LogP contribution in [-0.4, -0.2) is 31.6 Å². The summed E-state index contributed by atoms with van der Waals surface area (Å²) >= 11 is 0. The van der Waals surface area contributed by atoms with Crippen LogP contribution in [0.1, 0.15) is 25.2 Å². The van der Waals surface area contributed by atoms with E-state index >= 15 is 0 Å². The molecule has 17 heavy (non-hydrogen) atoms. The van der Waals surface area contributed by atoms with Gasteiger partial charge in [-0.15, -0.1) is 0 Å². The Bertz CT molecular complexity index is 456. The molecular weight excluding hydrogens is 248 g/mol. The fourth-order valence-electron chi connectivity index (χ4n) is 1.17. The maximum Gasteiger partial charge on any atom is 0.421 e. The number of methoxy groups -OCH3 is 1. The molecule has 0 bridgehead atoms. The van der Waals surface area contributed by atoms with Crippen molar-refractivity contribution >= 4 is 16.3 Å². The Morgan fingerprint density at radius 2 is 2.35 bits per heavy atom. The van der Waals surface area contributed by atoms with Crippen LogP contribution < -0.4 is 9.44 Å². The van der Waals surface area contributed by atoms with Gasteiger partial charge in [-0.05, 0) is 6.42 Å². The summed E-state index contributed by atoms with van der Waals surface area (Å²) in [4.78, 5) is 17.5. The summed E-state index contributed by atoms with van der Waals surface area (Å²) in [5.41, 5.74) is 0. The second-order valence-corrected chi connectivity index (χ2v) is 4.60. The van der Waals surface area contributed by atoms with Gasteiger partial charge in [0.05, 0.1) is 13.2 Å². The normalized spacial score (nSPS) is 13.1. The van der Waals surface area contributed by atoms with E-state index in [1.165, 1.54) is 6.20 Å². The highest BCUT2D eigenvalue weighted by Gasteiger charge is 2.21. The summed E-state index contributed by atoms with van der Waals surface area (Å²) in [7, 11) is -2.89. The lowest BCUT2D eigenvalue weighted by Crippen LogP contribution is -2.42. The predicted octanol–water partition coefficient (Wildman–Crippen LogP) is 0.0512. The number of ether oxygens (including phenoxy) is 1. The first-order valence-corrected chi connectivity index (χ1v) is 6.34. The topological polar surface area (TPSA) is 113 Å². The number of aromatic nitrogens is 2. The Kier molecular flexibility index (Phi) is 4.46. The third-order valence-electron chi connectivity index (χ3n) is 1.96. The second kappa shape index (κ2) is 5.64. The first-order valence-electron chi connectivity index (χ1n) is 4.85. The molecule has 0 radical (unpaired) electrons. The number of imidazole rings is 1. The molecule has 1 atom stereocenters. The van der Waals surface area contributed by atoms with Gasteiger partial charge >= 0.3 is 16.3 Å². The number of carbonyl (C=O) groups excluding carboxylic acids is 1. The fraction of sp³-hybridized carbons (Fsp3) is 0.500. The fourth-order valence-corrected chi connectivity index (χ4v) is 2.18. The quantitative estimate of drug-likeness (QED) is 0.694. The molecule has 8 nitrogen and oxygen atoms in total. The average molecular weight is 262 g/mol. The number of hydrogen-bond acceptors (Lipinski definition) is 5. The van der Waals surface area contributed by atoms with E-state index in [2.05, 4.69) is 19.4 Å². The van der Waals surface area contributed by atoms with Crippen LogP contribution in [0.2, 0.25) is 0 Å². The molecule has 0 aliphatic heterocycles. The highest BCUT2D eigenvalue weighted by atomic mass is 32.2. The van der Waals surface area contributed by atoms with Gasteiger partial charge in [0.2, 0.25) is 0 Å². The summed E-state index contributed by atoms with van der Waals surface area (Å²) in [6.45, 7) is 1.79. The van der Waals surface area contributed by atoms with E-state index in [1.54, 1.807) is 17.8 Å². The molecule has 96 valence electrons. The van der Waals surface area contributed by atoms with E-state index in [1.807, 2.05) is 0 Å². The number of rotatable bonds is 5. The van der Waals surface area contributed by atoms with E-state index < -0.39 is 22.3 Å². The van der Waals surface area contributed by atoms with Gasteiger partial charge < -0.3 is 9.72 Å². The van der Waals surface area contributed by atoms with Gasteiger partial charge in [0.15, 0.2) is 0 Å². The van der Waals surface area contributed by atoms with Gasteiger partial charge in [-0.2, -0.15) is 13.1 Å². The molecule has 0 aliphatic carbocycles. The second-order valence-electron chi connectivity index (χ2n) is 3.15. The lowest BCUT2D eigenvalue weighted by atomic mass is 10.2. The molecule has 0 aromatic carbocycles. The molecule has 0 saturated heterocycles. The number of nitrogens with one attached hydrogen (secondary N) is 3. The van der Waals surface area contributed by atoms with Crippen molar-refractivity contribution in [3.05, 3.63) is 18.2 Å². The van der Waals surface area contributed by atoms with Crippen LogP contribution in [0.5, 0.6) is 0 Å². The van der Waals surface area contributed by atoms with E-state index in [0.29, 0.717) is 12.2 Å². The molecule has 1 aromatic heterocycles. The molecule has 0 spiro atoms. The molecule has 0 fully saturated rings. The number of hydrogen-bond donors (Lipinski definition) is 3. The molecule has 1 amide bonds. The van der Waals surface area contributed by atoms with Crippen LogP contribution in [0.15, 0.2) is 12.4 Å². The van der Waals surface area contributed by atoms with Gasteiger partial charge in [-0.25, -0.2) is 14.5 Å². The first-order chi connectivity index (χ1) is 7.98. The Balaban J connectivity index is 2.71. The third kappa shape index (κ3) is 4.04. The third-order valence-corrected chi connectivity index (χ3v) is 2.99. The number of amides is 1. The smallest absolute Gasteiger partial charge is 0.421 e. The predicted molar refractivity (Wildman–Crippen MR) is 59.2 cm³/mol. The zero-order valence-corrected chi connectivity index (χ0v) is 10.2. The lowest BCUT2D eigenvalue weighted by Gasteiger charge is -2.14. The number of H-pyrrole nitrogens is 1. The molecule has 1 aromatic rings. The summed E-state index contributed by atoms with van der Waals surface area (Å²) < 4.78 is 31.2. The standard InChI is InChI=1S/C8H14N4O4S/c1-3-6(7-9-4-5-10-7)11-17(14,15)12-8(13)16-2/h4-6,11H,3H2,1-2H3,(H,9,10)(H,12,13). The van der Waals surface area contributed by atoms with Crippen molar-refractivity contribution in [3.8, 4) is 0 Å². The van der Waals surface area contributed by atoms with Crippen molar-refractivity contribution < 1.29 is 17.9 Å². The molecule has 9 heteroatoms. The largest absolute Gasteiger partial charge is 0.452 e. The minimum absolute atomic E-state index is 0.475. The average Bonchev–Trinajstić information content (AvgIpc) is 2.78. The lowest BCUT2D eigenvalue weighted by molar-refractivity contribution is 0.177. The molecule has 0 aliphatic rings. The van der Waals surface area contributed by atoms with Crippen LogP contribution >= 0.6 is 0 Å². The summed E-state index contributed by atoms with van der Waals surface area (Å²) in [5.74, 6) is 0.475. The highest BCUT2D eigenvalue weighted by Crippen LogP contribution is 2.11. The van der Waals surface area contributed by atoms with E-state index in [9.17, 15) is 13.2 Å². The van der Waals surface area contributed by atoms with Crippen molar-refractivity contribution in [2.24, 2.45) is 0 Å². The van der Waals surface area contributed by atoms with Crippen molar-refractivity contribution in [2.45, 2.75) is 19.4 Å². The molecule has 1 heterocycles. The summed E-state index contributed by atoms with van der Waals surface area (Å²) in [6.07, 6.45) is 2.53. The Hall–Kier alpha value is -1.61. The van der Waals surface area contributed by atoms with Crippen molar-refractivity contribution in [2.75, 3.05) is 7.11 Å². The van der Waals surface area contributed by atoms with Crippen LogP contribution in [0.4, 0.5) is 4.79 Å². The maximum atomic E-state index is 11.5. The SMILES string of the molecule is CCC(NS(=O)(=O)NC(=O)OC)c1ncc[nH]1. The minimum atomic E-state index is -3.96. The highest BCUT2D eigenvalue weighted by molar-refractivity contribution is 7.88. The van der Waals surface area contributed by atoms with E-state index in [4.69, 9.17) is 0 Å². The van der Waals surface area contributed by atoms with Crippen LogP contribution in [0, 0.1) is 0 Å². The Morgan fingerprint density at radius 1 is 1.65 bits per heavy atom. The minimum Gasteiger partial charge on any atom is -0.452 e. The van der Waals surface area contributed by atoms with Crippen molar-refractivity contribution in [3.63, 3.8) is 0 Å². The molecule has 1 rings (SSSR count). The summed E-state index contributed by atoms with van der Waals surface area (Å²) in [5, 5.41) is 0. The Labute approximate surface area is 99.0 Å². The molecule has 1 unspecified atom stereocenters. The van der Waals surface area contributed by atoms with Gasteiger partial charge in [0.25, 0.3) is 0 Å². The van der Waals surface area contributed by atoms with Gasteiger partial charge in [-0.3, -0.25) is 0 Å². The van der Waals surface area contributed by atoms with Crippen molar-refractivity contribution in [1.82, 2.24) is 19.4 Å². The van der Waals surface area contributed by atoms with Crippen molar-refractivity contribution in [1.29, 1.82) is 0 Å². The molecule has 0 saturated carbocycles. The molecular formula is C8H14N4O4S. The number of nitrogens with zero attached hydrogens (tertiary/aromatic N) is 1.